The maximum absolute atomic E-state index is 12.2. The third-order valence-electron chi connectivity index (χ3n) is 2.44. The summed E-state index contributed by atoms with van der Waals surface area (Å²) in [7, 11) is -2.11. The molecule has 0 saturated carbocycles. The van der Waals surface area contributed by atoms with Gasteiger partial charge in [0.05, 0.1) is 11.5 Å². The Kier molecular flexibility index (Phi) is 5.88. The number of carbonyl (C=O) groups excluding carboxylic acids is 1. The van der Waals surface area contributed by atoms with Gasteiger partial charge in [-0.15, -0.1) is 0 Å². The highest BCUT2D eigenvalue weighted by molar-refractivity contribution is 7.89. The highest BCUT2D eigenvalue weighted by atomic mass is 32.2. The summed E-state index contributed by atoms with van der Waals surface area (Å²) < 4.78 is 31.8. The summed E-state index contributed by atoms with van der Waals surface area (Å²) in [4.78, 5) is 12.0. The lowest BCUT2D eigenvalue weighted by atomic mass is 10.1. The predicted octanol–water partition coefficient (Wildman–Crippen LogP) is 1.14. The average molecular weight is 314 g/mol. The summed E-state index contributed by atoms with van der Waals surface area (Å²) in [5, 5.41) is 2.65. The molecule has 2 N–H and O–H groups in total. The molecule has 6 nitrogen and oxygen atoms in total. The van der Waals surface area contributed by atoms with Crippen molar-refractivity contribution in [1.29, 1.82) is 0 Å². The van der Waals surface area contributed by atoms with Crippen molar-refractivity contribution in [3.05, 3.63) is 29.8 Å². The molecule has 0 aromatic heterocycles. The second-order valence-electron chi connectivity index (χ2n) is 5.63. The SMILES string of the molecule is COCCNC(=O)c1cccc(S(=O)(=O)NC(C)(C)C)c1. The topological polar surface area (TPSA) is 84.5 Å². The van der Waals surface area contributed by atoms with Gasteiger partial charge < -0.3 is 10.1 Å². The summed E-state index contributed by atoms with van der Waals surface area (Å²) >= 11 is 0. The van der Waals surface area contributed by atoms with Crippen molar-refractivity contribution in [2.24, 2.45) is 0 Å². The summed E-state index contributed by atoms with van der Waals surface area (Å²) in [6.07, 6.45) is 0. The van der Waals surface area contributed by atoms with Gasteiger partial charge in [-0.2, -0.15) is 0 Å². The van der Waals surface area contributed by atoms with Crippen LogP contribution in [0.5, 0.6) is 0 Å². The van der Waals surface area contributed by atoms with E-state index >= 15 is 0 Å². The Morgan fingerprint density at radius 3 is 2.52 bits per heavy atom. The molecule has 1 rings (SSSR count). The molecule has 0 unspecified atom stereocenters. The lowest BCUT2D eigenvalue weighted by molar-refractivity contribution is 0.0937. The molecule has 0 aliphatic carbocycles. The van der Waals surface area contributed by atoms with E-state index in [2.05, 4.69) is 10.0 Å². The van der Waals surface area contributed by atoms with Crippen LogP contribution in [0.2, 0.25) is 0 Å². The first-order valence-electron chi connectivity index (χ1n) is 6.57. The molecule has 0 heterocycles. The molecular formula is C14H22N2O4S. The fraction of sp³-hybridized carbons (Fsp3) is 0.500. The number of carbonyl (C=O) groups is 1. The average Bonchev–Trinajstić information content (AvgIpc) is 2.36. The molecule has 0 spiro atoms. The number of amides is 1. The van der Waals surface area contributed by atoms with Crippen LogP contribution >= 0.6 is 0 Å². The van der Waals surface area contributed by atoms with Gasteiger partial charge in [0.2, 0.25) is 10.0 Å². The van der Waals surface area contributed by atoms with E-state index < -0.39 is 15.6 Å². The van der Waals surface area contributed by atoms with E-state index in [1.54, 1.807) is 32.9 Å². The molecule has 1 amide bonds. The number of methoxy groups -OCH3 is 1. The summed E-state index contributed by atoms with van der Waals surface area (Å²) in [5.74, 6) is -0.333. The molecule has 1 aromatic carbocycles. The van der Waals surface area contributed by atoms with Crippen molar-refractivity contribution in [1.82, 2.24) is 10.0 Å². The minimum atomic E-state index is -3.65. The quantitative estimate of drug-likeness (QED) is 0.771. The van der Waals surface area contributed by atoms with Crippen molar-refractivity contribution in [3.8, 4) is 0 Å². The van der Waals surface area contributed by atoms with Gasteiger partial charge in [-0.3, -0.25) is 4.79 Å². The summed E-state index contributed by atoms with van der Waals surface area (Å²) in [6, 6.07) is 5.93. The van der Waals surface area contributed by atoms with E-state index in [-0.39, 0.29) is 10.8 Å². The second-order valence-corrected chi connectivity index (χ2v) is 7.31. The first-order chi connectivity index (χ1) is 9.65. The highest BCUT2D eigenvalue weighted by Gasteiger charge is 2.22. The van der Waals surface area contributed by atoms with Crippen LogP contribution in [0.1, 0.15) is 31.1 Å². The smallest absolute Gasteiger partial charge is 0.251 e. The van der Waals surface area contributed by atoms with Crippen LogP contribution in [-0.4, -0.2) is 40.1 Å². The first kappa shape index (κ1) is 17.6. The fourth-order valence-electron chi connectivity index (χ4n) is 1.64. The zero-order valence-electron chi connectivity index (χ0n) is 12.8. The molecule has 0 aliphatic rings. The molecule has 118 valence electrons. The fourth-order valence-corrected chi connectivity index (χ4v) is 3.10. The highest BCUT2D eigenvalue weighted by Crippen LogP contribution is 2.14. The maximum atomic E-state index is 12.2. The third-order valence-corrected chi connectivity index (χ3v) is 4.19. The Labute approximate surface area is 125 Å². The molecule has 7 heteroatoms. The molecule has 0 fully saturated rings. The molecule has 1 aromatic rings. The predicted molar refractivity (Wildman–Crippen MR) is 80.7 cm³/mol. The van der Waals surface area contributed by atoms with Crippen molar-refractivity contribution in [2.75, 3.05) is 20.3 Å². The summed E-state index contributed by atoms with van der Waals surface area (Å²) in [6.45, 7) is 6.03. The van der Waals surface area contributed by atoms with Crippen LogP contribution in [0.3, 0.4) is 0 Å². The van der Waals surface area contributed by atoms with Gasteiger partial charge in [-0.1, -0.05) is 6.07 Å². The van der Waals surface area contributed by atoms with Gasteiger partial charge >= 0.3 is 0 Å². The zero-order valence-corrected chi connectivity index (χ0v) is 13.6. The number of nitrogens with one attached hydrogen (secondary N) is 2. The van der Waals surface area contributed by atoms with Gasteiger partial charge in [0.15, 0.2) is 0 Å². The van der Waals surface area contributed by atoms with Crippen LogP contribution in [0, 0.1) is 0 Å². The van der Waals surface area contributed by atoms with Crippen molar-refractivity contribution in [2.45, 2.75) is 31.2 Å². The van der Waals surface area contributed by atoms with Gasteiger partial charge in [0, 0.05) is 24.8 Å². The monoisotopic (exact) mass is 314 g/mol. The van der Waals surface area contributed by atoms with E-state index in [0.717, 1.165) is 0 Å². The summed E-state index contributed by atoms with van der Waals surface area (Å²) in [5.41, 5.74) is -0.293. The molecule has 0 atom stereocenters. The minimum Gasteiger partial charge on any atom is -0.383 e. The van der Waals surface area contributed by atoms with Crippen LogP contribution in [0.4, 0.5) is 0 Å². The standard InChI is InChI=1S/C14H22N2O4S/c1-14(2,3)16-21(18,19)12-7-5-6-11(10-12)13(17)15-8-9-20-4/h5-7,10,16H,8-9H2,1-4H3,(H,15,17). The Hall–Kier alpha value is -1.44. The van der Waals surface area contributed by atoms with E-state index in [4.69, 9.17) is 4.74 Å². The lowest BCUT2D eigenvalue weighted by Crippen LogP contribution is -2.40. The normalized spacial score (nSPS) is 12.2. The number of ether oxygens (including phenoxy) is 1. The van der Waals surface area contributed by atoms with Crippen LogP contribution < -0.4 is 10.0 Å². The number of hydrogen-bond acceptors (Lipinski definition) is 4. The third kappa shape index (κ3) is 5.82. The van der Waals surface area contributed by atoms with E-state index in [1.807, 2.05) is 0 Å². The van der Waals surface area contributed by atoms with E-state index in [9.17, 15) is 13.2 Å². The Bertz CT molecular complexity index is 591. The van der Waals surface area contributed by atoms with Gasteiger partial charge in [-0.05, 0) is 39.0 Å². The van der Waals surface area contributed by atoms with Crippen molar-refractivity contribution in [3.63, 3.8) is 0 Å². The number of rotatable bonds is 6. The molecule has 0 saturated heterocycles. The molecule has 0 bridgehead atoms. The van der Waals surface area contributed by atoms with E-state index in [1.165, 1.54) is 19.2 Å². The Morgan fingerprint density at radius 1 is 1.29 bits per heavy atom. The Morgan fingerprint density at radius 2 is 1.95 bits per heavy atom. The largest absolute Gasteiger partial charge is 0.383 e. The molecule has 21 heavy (non-hydrogen) atoms. The van der Waals surface area contributed by atoms with Crippen LogP contribution in [-0.2, 0) is 14.8 Å². The van der Waals surface area contributed by atoms with Gasteiger partial charge in [-0.25, -0.2) is 13.1 Å². The Balaban J connectivity index is 2.93. The van der Waals surface area contributed by atoms with Crippen molar-refractivity contribution < 1.29 is 17.9 Å². The maximum Gasteiger partial charge on any atom is 0.251 e. The number of sulfonamides is 1. The van der Waals surface area contributed by atoms with Crippen LogP contribution in [0.15, 0.2) is 29.2 Å². The van der Waals surface area contributed by atoms with Crippen LogP contribution in [0.25, 0.3) is 0 Å². The molecule has 0 aliphatic heterocycles. The van der Waals surface area contributed by atoms with Gasteiger partial charge in [0.25, 0.3) is 5.91 Å². The number of benzene rings is 1. The lowest BCUT2D eigenvalue weighted by Gasteiger charge is -2.20. The number of hydrogen-bond donors (Lipinski definition) is 2. The molecular weight excluding hydrogens is 292 g/mol. The van der Waals surface area contributed by atoms with Gasteiger partial charge in [0.1, 0.15) is 0 Å². The first-order valence-corrected chi connectivity index (χ1v) is 8.05. The minimum absolute atomic E-state index is 0.0665. The molecule has 0 radical (unpaired) electrons. The zero-order chi connectivity index (χ0) is 16.1. The second kappa shape index (κ2) is 7.02. The van der Waals surface area contributed by atoms with E-state index in [0.29, 0.717) is 18.7 Å². The van der Waals surface area contributed by atoms with Crippen molar-refractivity contribution >= 4 is 15.9 Å².